The predicted molar refractivity (Wildman–Crippen MR) is 69.3 cm³/mol. The molecule has 94 valence electrons. The summed E-state index contributed by atoms with van der Waals surface area (Å²) in [5, 5.41) is 9.54. The third-order valence-corrected chi connectivity index (χ3v) is 3.10. The lowest BCUT2D eigenvalue weighted by Crippen LogP contribution is -2.32. The van der Waals surface area contributed by atoms with Gasteiger partial charge in [-0.15, -0.1) is 0 Å². The van der Waals surface area contributed by atoms with Crippen molar-refractivity contribution in [3.63, 3.8) is 0 Å². The van der Waals surface area contributed by atoms with Gasteiger partial charge in [-0.2, -0.15) is 0 Å². The Labute approximate surface area is 107 Å². The quantitative estimate of drug-likeness (QED) is 0.850. The van der Waals surface area contributed by atoms with E-state index in [1.807, 2.05) is 38.2 Å². The highest BCUT2D eigenvalue weighted by molar-refractivity contribution is 6.30. The first kappa shape index (κ1) is 14.0. The fourth-order valence-corrected chi connectivity index (χ4v) is 1.95. The van der Waals surface area contributed by atoms with Gasteiger partial charge in [0, 0.05) is 17.6 Å². The van der Waals surface area contributed by atoms with Crippen LogP contribution in [0.5, 0.6) is 0 Å². The van der Waals surface area contributed by atoms with Gasteiger partial charge < -0.3 is 5.11 Å². The van der Waals surface area contributed by atoms with Gasteiger partial charge in [0.15, 0.2) is 0 Å². The SMILES string of the molecule is CCC(CC(=O)O)N(C)Cc1ccc(Cl)cc1. The Morgan fingerprint density at radius 3 is 2.47 bits per heavy atom. The summed E-state index contributed by atoms with van der Waals surface area (Å²) < 4.78 is 0. The second-order valence-electron chi connectivity index (χ2n) is 4.20. The Morgan fingerprint density at radius 1 is 1.41 bits per heavy atom. The maximum Gasteiger partial charge on any atom is 0.304 e. The second-order valence-corrected chi connectivity index (χ2v) is 4.64. The number of hydrogen-bond donors (Lipinski definition) is 1. The van der Waals surface area contributed by atoms with Crippen molar-refractivity contribution in [2.45, 2.75) is 32.4 Å². The van der Waals surface area contributed by atoms with Gasteiger partial charge in [0.05, 0.1) is 6.42 Å². The average molecular weight is 256 g/mol. The maximum atomic E-state index is 10.7. The summed E-state index contributed by atoms with van der Waals surface area (Å²) in [6.07, 6.45) is 1.01. The van der Waals surface area contributed by atoms with Crippen molar-refractivity contribution in [2.24, 2.45) is 0 Å². The number of aliphatic carboxylic acids is 1. The molecular weight excluding hydrogens is 238 g/mol. The molecule has 1 N–H and O–H groups in total. The third kappa shape index (κ3) is 4.75. The number of hydrogen-bond acceptors (Lipinski definition) is 2. The van der Waals surface area contributed by atoms with Gasteiger partial charge in [-0.05, 0) is 31.2 Å². The van der Waals surface area contributed by atoms with Crippen LogP contribution in [0.4, 0.5) is 0 Å². The summed E-state index contributed by atoms with van der Waals surface area (Å²) in [6, 6.07) is 7.70. The number of nitrogens with zero attached hydrogens (tertiary/aromatic N) is 1. The van der Waals surface area contributed by atoms with Crippen molar-refractivity contribution in [3.8, 4) is 0 Å². The highest BCUT2D eigenvalue weighted by Gasteiger charge is 2.16. The highest BCUT2D eigenvalue weighted by atomic mass is 35.5. The monoisotopic (exact) mass is 255 g/mol. The van der Waals surface area contributed by atoms with Crippen molar-refractivity contribution in [3.05, 3.63) is 34.9 Å². The van der Waals surface area contributed by atoms with Crippen LogP contribution in [0.1, 0.15) is 25.3 Å². The molecule has 17 heavy (non-hydrogen) atoms. The van der Waals surface area contributed by atoms with Gasteiger partial charge in [-0.3, -0.25) is 9.69 Å². The molecular formula is C13H18ClNO2. The van der Waals surface area contributed by atoms with E-state index in [1.165, 1.54) is 0 Å². The van der Waals surface area contributed by atoms with Crippen LogP contribution in [0.2, 0.25) is 5.02 Å². The van der Waals surface area contributed by atoms with E-state index >= 15 is 0 Å². The minimum absolute atomic E-state index is 0.0724. The molecule has 0 fully saturated rings. The summed E-state index contributed by atoms with van der Waals surface area (Å²) in [5.74, 6) is -0.750. The first-order valence-electron chi connectivity index (χ1n) is 5.69. The van der Waals surface area contributed by atoms with E-state index in [4.69, 9.17) is 16.7 Å². The van der Waals surface area contributed by atoms with Gasteiger partial charge in [0.25, 0.3) is 0 Å². The van der Waals surface area contributed by atoms with Crippen LogP contribution in [0.15, 0.2) is 24.3 Å². The molecule has 0 aliphatic rings. The lowest BCUT2D eigenvalue weighted by molar-refractivity contribution is -0.138. The second kappa shape index (κ2) is 6.62. The average Bonchev–Trinajstić information content (AvgIpc) is 2.28. The van der Waals surface area contributed by atoms with E-state index in [0.29, 0.717) is 5.02 Å². The number of benzene rings is 1. The molecule has 0 aliphatic heterocycles. The topological polar surface area (TPSA) is 40.5 Å². The van der Waals surface area contributed by atoms with Crippen LogP contribution in [0.25, 0.3) is 0 Å². The molecule has 0 heterocycles. The summed E-state index contributed by atoms with van der Waals surface area (Å²) in [7, 11) is 1.95. The van der Waals surface area contributed by atoms with E-state index in [0.717, 1.165) is 18.5 Å². The van der Waals surface area contributed by atoms with Crippen LogP contribution < -0.4 is 0 Å². The largest absolute Gasteiger partial charge is 0.481 e. The predicted octanol–water partition coefficient (Wildman–Crippen LogP) is 3.03. The van der Waals surface area contributed by atoms with Crippen LogP contribution in [-0.4, -0.2) is 29.1 Å². The van der Waals surface area contributed by atoms with E-state index in [2.05, 4.69) is 4.90 Å². The summed E-state index contributed by atoms with van der Waals surface area (Å²) in [6.45, 7) is 2.74. The zero-order chi connectivity index (χ0) is 12.8. The molecule has 3 nitrogen and oxygen atoms in total. The van der Waals surface area contributed by atoms with Crippen LogP contribution >= 0.6 is 11.6 Å². The molecule has 1 unspecified atom stereocenters. The molecule has 0 aromatic heterocycles. The smallest absolute Gasteiger partial charge is 0.304 e. The van der Waals surface area contributed by atoms with Crippen molar-refractivity contribution in [1.82, 2.24) is 4.90 Å². The third-order valence-electron chi connectivity index (χ3n) is 2.85. The van der Waals surface area contributed by atoms with Crippen LogP contribution in [-0.2, 0) is 11.3 Å². The zero-order valence-corrected chi connectivity index (χ0v) is 10.9. The number of carbonyl (C=O) groups is 1. The Morgan fingerprint density at radius 2 is 2.00 bits per heavy atom. The maximum absolute atomic E-state index is 10.7. The fourth-order valence-electron chi connectivity index (χ4n) is 1.82. The number of carboxylic acids is 1. The number of carboxylic acid groups (broad SMARTS) is 1. The molecule has 0 amide bonds. The molecule has 1 rings (SSSR count). The van der Waals surface area contributed by atoms with E-state index < -0.39 is 5.97 Å². The normalized spacial score (nSPS) is 12.7. The van der Waals surface area contributed by atoms with Crippen LogP contribution in [0.3, 0.4) is 0 Å². The lowest BCUT2D eigenvalue weighted by atomic mass is 10.1. The van der Waals surface area contributed by atoms with E-state index in [-0.39, 0.29) is 12.5 Å². The van der Waals surface area contributed by atoms with Gasteiger partial charge >= 0.3 is 5.97 Å². The van der Waals surface area contributed by atoms with Crippen LogP contribution in [0, 0.1) is 0 Å². The highest BCUT2D eigenvalue weighted by Crippen LogP contribution is 2.14. The molecule has 0 radical (unpaired) electrons. The van der Waals surface area contributed by atoms with Crippen molar-refractivity contribution < 1.29 is 9.90 Å². The molecule has 1 aromatic rings. The van der Waals surface area contributed by atoms with Gasteiger partial charge in [0.2, 0.25) is 0 Å². The van der Waals surface area contributed by atoms with E-state index in [9.17, 15) is 4.79 Å². The van der Waals surface area contributed by atoms with Crippen molar-refractivity contribution in [1.29, 1.82) is 0 Å². The molecule has 0 spiro atoms. The minimum Gasteiger partial charge on any atom is -0.481 e. The minimum atomic E-state index is -0.750. The summed E-state index contributed by atoms with van der Waals surface area (Å²) >= 11 is 5.82. The molecule has 1 aromatic carbocycles. The molecule has 0 aliphatic carbocycles. The van der Waals surface area contributed by atoms with Crippen molar-refractivity contribution >= 4 is 17.6 Å². The van der Waals surface area contributed by atoms with Gasteiger partial charge in [0.1, 0.15) is 0 Å². The van der Waals surface area contributed by atoms with Gasteiger partial charge in [-0.1, -0.05) is 30.7 Å². The van der Waals surface area contributed by atoms with E-state index in [1.54, 1.807) is 0 Å². The Kier molecular flexibility index (Phi) is 5.45. The molecule has 0 saturated heterocycles. The number of halogens is 1. The Balaban J connectivity index is 2.60. The lowest BCUT2D eigenvalue weighted by Gasteiger charge is -2.25. The molecule has 1 atom stereocenters. The zero-order valence-electron chi connectivity index (χ0n) is 10.2. The summed E-state index contributed by atoms with van der Waals surface area (Å²) in [5.41, 5.74) is 1.14. The van der Waals surface area contributed by atoms with Crippen molar-refractivity contribution in [2.75, 3.05) is 7.05 Å². The first-order chi connectivity index (χ1) is 8.02. The standard InChI is InChI=1S/C13H18ClNO2/c1-3-12(8-13(16)17)15(2)9-10-4-6-11(14)7-5-10/h4-7,12H,3,8-9H2,1-2H3,(H,16,17). The Bertz CT molecular complexity index is 364. The fraction of sp³-hybridized carbons (Fsp3) is 0.462. The molecule has 4 heteroatoms. The molecule has 0 saturated carbocycles. The molecule has 0 bridgehead atoms. The van der Waals surface area contributed by atoms with Gasteiger partial charge in [-0.25, -0.2) is 0 Å². The first-order valence-corrected chi connectivity index (χ1v) is 6.07. The summed E-state index contributed by atoms with van der Waals surface area (Å²) in [4.78, 5) is 12.8. The Hall–Kier alpha value is -1.06. The number of rotatable bonds is 6.